The molecular formula is C24H40NO8P. The van der Waals surface area contributed by atoms with Crippen LogP contribution in [0.25, 0.3) is 0 Å². The third-order valence-corrected chi connectivity index (χ3v) is 10.1. The Labute approximate surface area is 202 Å². The Kier molecular flexibility index (Phi) is 8.08. The normalized spacial score (nSPS) is 31.3. The molecule has 1 amide bonds. The summed E-state index contributed by atoms with van der Waals surface area (Å²) in [5.74, 6) is -2.31. The summed E-state index contributed by atoms with van der Waals surface area (Å²) in [6.45, 7) is 8.53. The first-order valence-electron chi connectivity index (χ1n) is 12.4. The number of esters is 1. The molecule has 4 bridgehead atoms. The molecule has 0 aromatic carbocycles. The maximum Gasteiger partial charge on any atom is 0.408 e. The monoisotopic (exact) mass is 501 g/mol. The topological polar surface area (TPSA) is 128 Å². The van der Waals surface area contributed by atoms with Crippen molar-refractivity contribution >= 4 is 25.4 Å². The highest BCUT2D eigenvalue weighted by Crippen LogP contribution is 2.65. The van der Waals surface area contributed by atoms with Gasteiger partial charge in [-0.2, -0.15) is 0 Å². The molecule has 10 heteroatoms. The van der Waals surface area contributed by atoms with E-state index in [4.69, 9.17) is 14.0 Å². The number of carbonyl (C=O) groups excluding carboxylic acids is 2. The van der Waals surface area contributed by atoms with E-state index in [1.807, 2.05) is 0 Å². The zero-order chi connectivity index (χ0) is 25.3. The smallest absolute Gasteiger partial charge is 0.408 e. The first-order chi connectivity index (χ1) is 15.7. The Morgan fingerprint density at radius 1 is 1.09 bits per heavy atom. The van der Waals surface area contributed by atoms with Crippen LogP contribution in [-0.4, -0.2) is 52.9 Å². The van der Waals surface area contributed by atoms with Gasteiger partial charge in [0.15, 0.2) is 0 Å². The number of carboxylic acid groups (broad SMARTS) is 1. The molecule has 4 rings (SSSR count). The van der Waals surface area contributed by atoms with Crippen molar-refractivity contribution in [3.8, 4) is 0 Å². The minimum Gasteiger partial charge on any atom is -0.481 e. The van der Waals surface area contributed by atoms with Gasteiger partial charge in [0.05, 0.1) is 24.5 Å². The van der Waals surface area contributed by atoms with E-state index in [-0.39, 0.29) is 12.8 Å². The summed E-state index contributed by atoms with van der Waals surface area (Å²) in [5.41, 5.74) is -1.42. The largest absolute Gasteiger partial charge is 0.481 e. The standard InChI is InChI=1S/C24H40NO8P/c1-6-31-21(28)15(2)14-34(30,19(10-20(26)27)25-22(29)32-23(3,4)5)33-24-11-16-7-17(12-24)9-18(8-16)13-24/h15-19H,6-14H2,1-5H3,(H,25,29)(H,26,27). The van der Waals surface area contributed by atoms with Gasteiger partial charge in [-0.15, -0.1) is 0 Å². The van der Waals surface area contributed by atoms with Gasteiger partial charge in [0.1, 0.15) is 11.4 Å². The summed E-state index contributed by atoms with van der Waals surface area (Å²) in [7, 11) is -3.88. The summed E-state index contributed by atoms with van der Waals surface area (Å²) in [5, 5.41) is 12.1. The van der Waals surface area contributed by atoms with E-state index in [9.17, 15) is 24.1 Å². The van der Waals surface area contributed by atoms with E-state index in [2.05, 4.69) is 5.32 Å². The van der Waals surface area contributed by atoms with Gasteiger partial charge in [-0.3, -0.25) is 14.2 Å². The molecule has 0 spiro atoms. The number of hydrogen-bond acceptors (Lipinski definition) is 7. The summed E-state index contributed by atoms with van der Waals surface area (Å²) in [4.78, 5) is 36.7. The summed E-state index contributed by atoms with van der Waals surface area (Å²) < 4.78 is 31.6. The van der Waals surface area contributed by atoms with Crippen LogP contribution in [0.15, 0.2) is 0 Å². The lowest BCUT2D eigenvalue weighted by atomic mass is 9.54. The number of nitrogens with one attached hydrogen (secondary N) is 1. The van der Waals surface area contributed by atoms with Gasteiger partial charge in [-0.05, 0) is 84.0 Å². The van der Waals surface area contributed by atoms with E-state index in [0.717, 1.165) is 38.5 Å². The van der Waals surface area contributed by atoms with Gasteiger partial charge in [-0.25, -0.2) is 4.79 Å². The lowest BCUT2D eigenvalue weighted by Gasteiger charge is -2.57. The number of carboxylic acids is 1. The van der Waals surface area contributed by atoms with Crippen molar-refractivity contribution in [2.75, 3.05) is 12.8 Å². The SMILES string of the molecule is CCOC(=O)C(C)CP(=O)(OC12CC3CC(CC(C3)C1)C2)C(CC(=O)O)NC(=O)OC(C)(C)C. The Morgan fingerprint density at radius 3 is 2.06 bits per heavy atom. The van der Waals surface area contributed by atoms with Gasteiger partial charge in [0.2, 0.25) is 7.37 Å². The Hall–Kier alpha value is -1.60. The van der Waals surface area contributed by atoms with Crippen molar-refractivity contribution in [2.24, 2.45) is 23.7 Å². The molecule has 0 radical (unpaired) electrons. The quantitative estimate of drug-likeness (QED) is 0.323. The van der Waals surface area contributed by atoms with Crippen LogP contribution in [0.1, 0.15) is 79.6 Å². The summed E-state index contributed by atoms with van der Waals surface area (Å²) in [6.07, 6.45) is 4.13. The fourth-order valence-corrected chi connectivity index (χ4v) is 9.32. The second-order valence-electron chi connectivity index (χ2n) is 11.5. The number of aliphatic carboxylic acids is 1. The van der Waals surface area contributed by atoms with Crippen LogP contribution in [0.4, 0.5) is 4.79 Å². The van der Waals surface area contributed by atoms with Gasteiger partial charge in [-0.1, -0.05) is 6.92 Å². The molecule has 0 aromatic heterocycles. The molecule has 3 atom stereocenters. The summed E-state index contributed by atoms with van der Waals surface area (Å²) >= 11 is 0. The molecule has 9 nitrogen and oxygen atoms in total. The minimum atomic E-state index is -3.88. The van der Waals surface area contributed by atoms with Crippen LogP contribution < -0.4 is 5.32 Å². The fraction of sp³-hybridized carbons (Fsp3) is 0.875. The zero-order valence-electron chi connectivity index (χ0n) is 21.0. The molecule has 3 unspecified atom stereocenters. The Balaban J connectivity index is 1.91. The van der Waals surface area contributed by atoms with Crippen LogP contribution in [0.2, 0.25) is 0 Å². The molecule has 0 aliphatic heterocycles. The van der Waals surface area contributed by atoms with Crippen molar-refractivity contribution in [1.82, 2.24) is 5.32 Å². The van der Waals surface area contributed by atoms with E-state index < -0.39 is 54.7 Å². The number of carbonyl (C=O) groups is 3. The summed E-state index contributed by atoms with van der Waals surface area (Å²) in [6, 6.07) is 0. The molecule has 4 saturated carbocycles. The molecular weight excluding hydrogens is 461 g/mol. The molecule has 0 heterocycles. The van der Waals surface area contributed by atoms with E-state index >= 15 is 0 Å². The lowest BCUT2D eigenvalue weighted by molar-refractivity contribution is -0.146. The van der Waals surface area contributed by atoms with Crippen LogP contribution in [0, 0.1) is 23.7 Å². The van der Waals surface area contributed by atoms with Crippen LogP contribution in [0.3, 0.4) is 0 Å². The van der Waals surface area contributed by atoms with E-state index in [1.54, 1.807) is 34.6 Å². The minimum absolute atomic E-state index is 0.179. The highest BCUT2D eigenvalue weighted by Gasteiger charge is 2.55. The average molecular weight is 502 g/mol. The number of ether oxygens (including phenoxy) is 2. The first kappa shape index (κ1) is 27.0. The maximum atomic E-state index is 14.6. The second-order valence-corrected chi connectivity index (χ2v) is 14.1. The molecule has 4 aliphatic carbocycles. The van der Waals surface area contributed by atoms with E-state index in [0.29, 0.717) is 17.8 Å². The fourth-order valence-electron chi connectivity index (χ4n) is 6.34. The molecule has 194 valence electrons. The van der Waals surface area contributed by atoms with Crippen molar-refractivity contribution in [1.29, 1.82) is 0 Å². The van der Waals surface area contributed by atoms with Crippen LogP contribution >= 0.6 is 7.37 Å². The zero-order valence-corrected chi connectivity index (χ0v) is 21.9. The molecule has 0 saturated heterocycles. The number of hydrogen-bond donors (Lipinski definition) is 2. The Morgan fingerprint density at radius 2 is 1.62 bits per heavy atom. The average Bonchev–Trinajstić information content (AvgIpc) is 2.64. The Bertz CT molecular complexity index is 800. The van der Waals surface area contributed by atoms with Gasteiger partial charge in [0.25, 0.3) is 0 Å². The third kappa shape index (κ3) is 6.75. The molecule has 4 fully saturated rings. The second kappa shape index (κ2) is 10.2. The van der Waals surface area contributed by atoms with Gasteiger partial charge < -0.3 is 24.4 Å². The highest BCUT2D eigenvalue weighted by atomic mass is 31.2. The van der Waals surface area contributed by atoms with E-state index in [1.165, 1.54) is 0 Å². The highest BCUT2D eigenvalue weighted by molar-refractivity contribution is 7.59. The van der Waals surface area contributed by atoms with Crippen molar-refractivity contribution in [3.05, 3.63) is 0 Å². The number of alkyl carbamates (subject to hydrolysis) is 1. The third-order valence-electron chi connectivity index (χ3n) is 7.07. The molecule has 34 heavy (non-hydrogen) atoms. The molecule has 0 aromatic rings. The number of amides is 1. The van der Waals surface area contributed by atoms with Gasteiger partial charge >= 0.3 is 18.0 Å². The van der Waals surface area contributed by atoms with Crippen molar-refractivity contribution in [3.63, 3.8) is 0 Å². The lowest BCUT2D eigenvalue weighted by Crippen LogP contribution is -2.52. The first-order valence-corrected chi connectivity index (χ1v) is 14.3. The molecule has 4 aliphatic rings. The predicted octanol–water partition coefficient (Wildman–Crippen LogP) is 4.77. The number of rotatable bonds is 10. The van der Waals surface area contributed by atoms with Crippen molar-refractivity contribution in [2.45, 2.75) is 96.5 Å². The predicted molar refractivity (Wildman–Crippen MR) is 126 cm³/mol. The van der Waals surface area contributed by atoms with Crippen LogP contribution in [-0.2, 0) is 28.2 Å². The van der Waals surface area contributed by atoms with Crippen LogP contribution in [0.5, 0.6) is 0 Å². The molecule has 2 N–H and O–H groups in total. The maximum absolute atomic E-state index is 14.6. The van der Waals surface area contributed by atoms with Crippen molar-refractivity contribution < 1.29 is 38.1 Å². The van der Waals surface area contributed by atoms with Gasteiger partial charge in [0, 0.05) is 6.16 Å².